The smallest absolute Gasteiger partial charge is 0.225 e. The first-order valence-electron chi connectivity index (χ1n) is 10.2. The Morgan fingerprint density at radius 1 is 1.36 bits per heavy atom. The third kappa shape index (κ3) is 5.59. The van der Waals surface area contributed by atoms with Crippen molar-refractivity contribution in [3.63, 3.8) is 0 Å². The van der Waals surface area contributed by atoms with Gasteiger partial charge in [-0.1, -0.05) is 19.9 Å². The summed E-state index contributed by atoms with van der Waals surface area (Å²) in [6.45, 7) is 11.4. The molecule has 0 bridgehead atoms. The second kappa shape index (κ2) is 10.3. The number of benzene rings is 1. The molecule has 1 heterocycles. The molecule has 0 saturated carbocycles. The Kier molecular flexibility index (Phi) is 8.08. The van der Waals surface area contributed by atoms with E-state index >= 15 is 0 Å². The molecule has 0 aromatic heterocycles. The molecule has 1 amide bonds. The molecule has 1 unspecified atom stereocenters. The summed E-state index contributed by atoms with van der Waals surface area (Å²) < 4.78 is 14.4. The summed E-state index contributed by atoms with van der Waals surface area (Å²) in [5.41, 5.74) is 1.50. The number of nitrogens with one attached hydrogen (secondary N) is 2. The maximum absolute atomic E-state index is 14.4. The summed E-state index contributed by atoms with van der Waals surface area (Å²) in [4.78, 5) is 20.3. The zero-order chi connectivity index (χ0) is 20.7. The van der Waals surface area contributed by atoms with Crippen molar-refractivity contribution in [1.29, 1.82) is 0 Å². The van der Waals surface area contributed by atoms with Crippen molar-refractivity contribution < 1.29 is 9.18 Å². The van der Waals surface area contributed by atoms with Gasteiger partial charge in [-0.05, 0) is 38.0 Å². The number of rotatable bonds is 7. The van der Waals surface area contributed by atoms with E-state index in [0.717, 1.165) is 31.6 Å². The fourth-order valence-electron chi connectivity index (χ4n) is 3.50. The molecule has 2 N–H and O–H groups in total. The van der Waals surface area contributed by atoms with Crippen molar-refractivity contribution in [3.8, 4) is 0 Å². The predicted octanol–water partition coefficient (Wildman–Crippen LogP) is 2.59. The molecule has 1 aromatic rings. The molecule has 0 aliphatic carbocycles. The SMILES string of the molecule is CCN(CC)c1ccc(CNC(=NC)NC2CCN(C(=O)C(C)C)C2)cc1F. The van der Waals surface area contributed by atoms with Gasteiger partial charge < -0.3 is 20.4 Å². The van der Waals surface area contributed by atoms with Gasteiger partial charge in [0.05, 0.1) is 5.69 Å². The summed E-state index contributed by atoms with van der Waals surface area (Å²) in [6, 6.07) is 5.53. The second-order valence-electron chi connectivity index (χ2n) is 7.45. The average molecular weight is 392 g/mol. The molecule has 1 aliphatic heterocycles. The number of aliphatic imine (C=N–C) groups is 1. The molecule has 156 valence electrons. The third-order valence-corrected chi connectivity index (χ3v) is 5.13. The van der Waals surface area contributed by atoms with Crippen LogP contribution in [-0.4, -0.2) is 56.0 Å². The number of anilines is 1. The molecule has 1 saturated heterocycles. The number of carbonyl (C=O) groups is 1. The molecule has 1 atom stereocenters. The lowest BCUT2D eigenvalue weighted by Crippen LogP contribution is -2.45. The highest BCUT2D eigenvalue weighted by Gasteiger charge is 2.27. The first-order chi connectivity index (χ1) is 13.4. The summed E-state index contributed by atoms with van der Waals surface area (Å²) >= 11 is 0. The lowest BCUT2D eigenvalue weighted by molar-refractivity contribution is -0.133. The molecule has 7 heteroatoms. The fourth-order valence-corrected chi connectivity index (χ4v) is 3.50. The summed E-state index contributed by atoms with van der Waals surface area (Å²) in [7, 11) is 1.71. The minimum absolute atomic E-state index is 0.0189. The Labute approximate surface area is 168 Å². The molecule has 1 fully saturated rings. The number of halogens is 1. The first-order valence-corrected chi connectivity index (χ1v) is 10.2. The molecular weight excluding hydrogens is 357 g/mol. The van der Waals surface area contributed by atoms with Crippen LogP contribution in [0.25, 0.3) is 0 Å². The Balaban J connectivity index is 1.89. The first kappa shape index (κ1) is 22.0. The van der Waals surface area contributed by atoms with Gasteiger partial charge in [0.1, 0.15) is 5.82 Å². The molecule has 1 aliphatic rings. The summed E-state index contributed by atoms with van der Waals surface area (Å²) in [5, 5.41) is 6.60. The number of carbonyl (C=O) groups excluding carboxylic acids is 1. The van der Waals surface area contributed by atoms with E-state index in [4.69, 9.17) is 0 Å². The largest absolute Gasteiger partial charge is 0.370 e. The van der Waals surface area contributed by atoms with Gasteiger partial charge in [0.25, 0.3) is 0 Å². The van der Waals surface area contributed by atoms with E-state index < -0.39 is 0 Å². The van der Waals surface area contributed by atoms with E-state index in [-0.39, 0.29) is 23.7 Å². The van der Waals surface area contributed by atoms with Crippen LogP contribution in [0.5, 0.6) is 0 Å². The lowest BCUT2D eigenvalue weighted by Gasteiger charge is -2.22. The van der Waals surface area contributed by atoms with E-state index in [1.807, 2.05) is 49.6 Å². The lowest BCUT2D eigenvalue weighted by atomic mass is 10.1. The number of guanidine groups is 1. The highest BCUT2D eigenvalue weighted by atomic mass is 19.1. The highest BCUT2D eigenvalue weighted by Crippen LogP contribution is 2.20. The van der Waals surface area contributed by atoms with Crippen LogP contribution in [0.15, 0.2) is 23.2 Å². The maximum Gasteiger partial charge on any atom is 0.225 e. The van der Waals surface area contributed by atoms with Gasteiger partial charge in [-0.25, -0.2) is 4.39 Å². The molecule has 6 nitrogen and oxygen atoms in total. The van der Waals surface area contributed by atoms with Crippen molar-refractivity contribution in [2.24, 2.45) is 10.9 Å². The second-order valence-corrected chi connectivity index (χ2v) is 7.45. The highest BCUT2D eigenvalue weighted by molar-refractivity contribution is 5.81. The van der Waals surface area contributed by atoms with Crippen molar-refractivity contribution in [1.82, 2.24) is 15.5 Å². The Morgan fingerprint density at radius 2 is 2.07 bits per heavy atom. The third-order valence-electron chi connectivity index (χ3n) is 5.13. The Morgan fingerprint density at radius 3 is 2.64 bits per heavy atom. The molecule has 2 rings (SSSR count). The minimum Gasteiger partial charge on any atom is -0.370 e. The predicted molar refractivity (Wildman–Crippen MR) is 113 cm³/mol. The van der Waals surface area contributed by atoms with Crippen LogP contribution in [0.2, 0.25) is 0 Å². The van der Waals surface area contributed by atoms with E-state index in [1.165, 1.54) is 0 Å². The van der Waals surface area contributed by atoms with Crippen LogP contribution >= 0.6 is 0 Å². The van der Waals surface area contributed by atoms with Crippen molar-refractivity contribution >= 4 is 17.6 Å². The van der Waals surface area contributed by atoms with Gasteiger partial charge >= 0.3 is 0 Å². The molecule has 0 radical (unpaired) electrons. The molecule has 28 heavy (non-hydrogen) atoms. The zero-order valence-corrected chi connectivity index (χ0v) is 17.8. The summed E-state index contributed by atoms with van der Waals surface area (Å²) in [6.07, 6.45) is 0.895. The van der Waals surface area contributed by atoms with Crippen LogP contribution in [-0.2, 0) is 11.3 Å². The molecular formula is C21H34FN5O. The topological polar surface area (TPSA) is 60.0 Å². The van der Waals surface area contributed by atoms with Gasteiger partial charge in [-0.2, -0.15) is 0 Å². The Bertz CT molecular complexity index is 687. The van der Waals surface area contributed by atoms with Gasteiger partial charge in [0.15, 0.2) is 5.96 Å². The van der Waals surface area contributed by atoms with Crippen LogP contribution in [0.3, 0.4) is 0 Å². The van der Waals surface area contributed by atoms with E-state index in [1.54, 1.807) is 13.1 Å². The van der Waals surface area contributed by atoms with Gasteiger partial charge in [0.2, 0.25) is 5.91 Å². The van der Waals surface area contributed by atoms with Gasteiger partial charge in [-0.15, -0.1) is 0 Å². The van der Waals surface area contributed by atoms with Crippen LogP contribution in [0.4, 0.5) is 10.1 Å². The van der Waals surface area contributed by atoms with Crippen molar-refractivity contribution in [2.75, 3.05) is 38.1 Å². The number of hydrogen-bond donors (Lipinski definition) is 2. The minimum atomic E-state index is -0.204. The quantitative estimate of drug-likeness (QED) is 0.554. The Hall–Kier alpha value is -2.31. The maximum atomic E-state index is 14.4. The van der Waals surface area contributed by atoms with Crippen molar-refractivity contribution in [2.45, 2.75) is 46.7 Å². The normalized spacial score (nSPS) is 17.2. The average Bonchev–Trinajstić information content (AvgIpc) is 3.15. The summed E-state index contributed by atoms with van der Waals surface area (Å²) in [5.74, 6) is 0.670. The van der Waals surface area contributed by atoms with E-state index in [0.29, 0.717) is 24.7 Å². The van der Waals surface area contributed by atoms with Crippen molar-refractivity contribution in [3.05, 3.63) is 29.6 Å². The number of nitrogens with zero attached hydrogens (tertiary/aromatic N) is 3. The van der Waals surface area contributed by atoms with Crippen LogP contribution < -0.4 is 15.5 Å². The van der Waals surface area contributed by atoms with Crippen LogP contribution in [0.1, 0.15) is 39.7 Å². The van der Waals surface area contributed by atoms with Gasteiger partial charge in [-0.3, -0.25) is 9.79 Å². The number of amides is 1. The van der Waals surface area contributed by atoms with E-state index in [9.17, 15) is 9.18 Å². The molecule has 0 spiro atoms. The number of likely N-dealkylation sites (tertiary alicyclic amines) is 1. The zero-order valence-electron chi connectivity index (χ0n) is 17.8. The monoisotopic (exact) mass is 391 g/mol. The fraction of sp³-hybridized carbons (Fsp3) is 0.619. The van der Waals surface area contributed by atoms with E-state index in [2.05, 4.69) is 15.6 Å². The molecule has 1 aromatic carbocycles. The number of hydrogen-bond acceptors (Lipinski definition) is 3. The van der Waals surface area contributed by atoms with Gasteiger partial charge in [0, 0.05) is 51.7 Å². The van der Waals surface area contributed by atoms with Crippen LogP contribution in [0, 0.1) is 11.7 Å². The standard InChI is InChI=1S/C21H34FN5O/c1-6-26(7-2)19-9-8-16(12-18(19)22)13-24-21(23-5)25-17-10-11-27(14-17)20(28)15(3)4/h8-9,12,15,17H,6-7,10-11,13-14H2,1-5H3,(H2,23,24,25).